The van der Waals surface area contributed by atoms with E-state index < -0.39 is 0 Å². The van der Waals surface area contributed by atoms with Crippen LogP contribution < -0.4 is 24.6 Å². The summed E-state index contributed by atoms with van der Waals surface area (Å²) in [6.45, 7) is 8.11. The molecule has 1 aliphatic heterocycles. The molecule has 0 atom stereocenters. The van der Waals surface area contributed by atoms with E-state index in [0.717, 1.165) is 32.7 Å². The number of hydrogen-bond acceptors (Lipinski definition) is 3. The summed E-state index contributed by atoms with van der Waals surface area (Å²) in [5.41, 5.74) is 0.580. The fourth-order valence-electron chi connectivity index (χ4n) is 2.87. The third kappa shape index (κ3) is 4.73. The van der Waals surface area contributed by atoms with E-state index in [9.17, 15) is 4.79 Å². The molecule has 2 rings (SSSR count). The van der Waals surface area contributed by atoms with Crippen molar-refractivity contribution in [2.24, 2.45) is 0 Å². The molecule has 1 saturated heterocycles. The predicted octanol–water partition coefficient (Wildman–Crippen LogP) is -0.901. The predicted molar refractivity (Wildman–Crippen MR) is 90.0 cm³/mol. The Labute approximate surface area is 142 Å². The Balaban J connectivity index is 1.97. The topological polar surface area (TPSA) is 56.4 Å². The summed E-state index contributed by atoms with van der Waals surface area (Å²) in [5.74, 6) is 1.01. The average molecular weight is 344 g/mol. The van der Waals surface area contributed by atoms with Gasteiger partial charge < -0.3 is 24.6 Å². The van der Waals surface area contributed by atoms with Gasteiger partial charge in [0.05, 0.1) is 31.5 Å². The number of halogens is 1. The van der Waals surface area contributed by atoms with Crippen LogP contribution in [0, 0.1) is 0 Å². The highest BCUT2D eigenvalue weighted by Gasteiger charge is 2.24. The van der Waals surface area contributed by atoms with Gasteiger partial charge in [-0.15, -0.1) is 0 Å². The molecular formula is C16H26ClN3O3+2. The van der Waals surface area contributed by atoms with Gasteiger partial charge in [0.2, 0.25) is 0 Å². The summed E-state index contributed by atoms with van der Waals surface area (Å²) in [4.78, 5) is 15.2. The quantitative estimate of drug-likeness (QED) is 0.627. The third-order valence-electron chi connectivity index (χ3n) is 4.32. The number of rotatable bonds is 6. The Morgan fingerprint density at radius 1 is 1.13 bits per heavy atom. The van der Waals surface area contributed by atoms with Crippen molar-refractivity contribution in [2.75, 3.05) is 58.8 Å². The zero-order valence-electron chi connectivity index (χ0n) is 14.0. The molecule has 0 unspecified atom stereocenters. The minimum atomic E-state index is -0.0253. The molecule has 1 aromatic rings. The van der Waals surface area contributed by atoms with Gasteiger partial charge in [0.1, 0.15) is 37.7 Å². The van der Waals surface area contributed by atoms with E-state index in [1.807, 2.05) is 0 Å². The van der Waals surface area contributed by atoms with E-state index in [2.05, 4.69) is 12.2 Å². The Morgan fingerprint density at radius 3 is 2.30 bits per heavy atom. The maximum Gasteiger partial charge on any atom is 0.279 e. The van der Waals surface area contributed by atoms with Crippen LogP contribution in [-0.4, -0.2) is 59.4 Å². The molecule has 0 bridgehead atoms. The van der Waals surface area contributed by atoms with E-state index in [-0.39, 0.29) is 5.91 Å². The molecule has 128 valence electrons. The largest absolute Gasteiger partial charge is 0.495 e. The van der Waals surface area contributed by atoms with E-state index >= 15 is 0 Å². The van der Waals surface area contributed by atoms with Crippen LogP contribution in [0.3, 0.4) is 0 Å². The van der Waals surface area contributed by atoms with Crippen molar-refractivity contribution >= 4 is 23.2 Å². The molecule has 0 radical (unpaired) electrons. The van der Waals surface area contributed by atoms with Gasteiger partial charge in [-0.2, -0.15) is 0 Å². The smallest absolute Gasteiger partial charge is 0.279 e. The lowest BCUT2D eigenvalue weighted by atomic mass is 10.2. The molecule has 1 aromatic carbocycles. The molecule has 1 aliphatic rings. The number of piperazine rings is 1. The number of likely N-dealkylation sites (N-methyl/N-ethyl adjacent to an activating group) is 1. The van der Waals surface area contributed by atoms with E-state index in [1.165, 1.54) is 4.90 Å². The van der Waals surface area contributed by atoms with Crippen molar-refractivity contribution in [3.63, 3.8) is 0 Å². The molecule has 0 saturated carbocycles. The molecule has 1 amide bonds. The van der Waals surface area contributed by atoms with Crippen molar-refractivity contribution in [3.05, 3.63) is 17.2 Å². The van der Waals surface area contributed by atoms with E-state index in [1.54, 1.807) is 31.3 Å². The highest BCUT2D eigenvalue weighted by Crippen LogP contribution is 2.35. The summed E-state index contributed by atoms with van der Waals surface area (Å²) in [6, 6.07) is 3.33. The first kappa shape index (κ1) is 17.8. The molecule has 7 heteroatoms. The Hall–Kier alpha value is -1.50. The summed E-state index contributed by atoms with van der Waals surface area (Å²) < 4.78 is 10.5. The second kappa shape index (κ2) is 8.38. The van der Waals surface area contributed by atoms with Gasteiger partial charge >= 0.3 is 0 Å². The number of carbonyl (C=O) groups excluding carboxylic acids is 1. The summed E-state index contributed by atoms with van der Waals surface area (Å²) in [7, 11) is 3.09. The van der Waals surface area contributed by atoms with Gasteiger partial charge in [0.25, 0.3) is 5.91 Å². The number of nitrogens with one attached hydrogen (secondary N) is 3. The first-order valence-electron chi connectivity index (χ1n) is 7.95. The zero-order valence-corrected chi connectivity index (χ0v) is 14.8. The highest BCUT2D eigenvalue weighted by molar-refractivity contribution is 6.32. The van der Waals surface area contributed by atoms with Gasteiger partial charge in [0, 0.05) is 12.1 Å². The fraction of sp³-hybridized carbons (Fsp3) is 0.562. The molecule has 3 N–H and O–H groups in total. The summed E-state index contributed by atoms with van der Waals surface area (Å²) >= 11 is 6.08. The van der Waals surface area contributed by atoms with E-state index in [0.29, 0.717) is 28.8 Å². The van der Waals surface area contributed by atoms with Crippen LogP contribution in [0.4, 0.5) is 5.69 Å². The lowest BCUT2D eigenvalue weighted by Gasteiger charge is -2.28. The molecule has 1 heterocycles. The van der Waals surface area contributed by atoms with Crippen LogP contribution in [0.2, 0.25) is 5.02 Å². The van der Waals surface area contributed by atoms with Crippen molar-refractivity contribution < 1.29 is 24.1 Å². The van der Waals surface area contributed by atoms with Crippen LogP contribution in [0.25, 0.3) is 0 Å². The Bertz CT molecular complexity index is 546. The van der Waals surface area contributed by atoms with Crippen LogP contribution in [-0.2, 0) is 4.79 Å². The molecule has 23 heavy (non-hydrogen) atoms. The zero-order chi connectivity index (χ0) is 16.8. The van der Waals surface area contributed by atoms with Gasteiger partial charge in [-0.05, 0) is 6.92 Å². The fourth-order valence-corrected chi connectivity index (χ4v) is 3.10. The molecule has 0 aliphatic carbocycles. The van der Waals surface area contributed by atoms with Crippen LogP contribution in [0.5, 0.6) is 11.5 Å². The lowest BCUT2D eigenvalue weighted by Crippen LogP contribution is -3.28. The number of anilines is 1. The van der Waals surface area contributed by atoms with Crippen molar-refractivity contribution in [1.82, 2.24) is 0 Å². The maximum absolute atomic E-state index is 12.3. The molecule has 6 nitrogen and oxygen atoms in total. The van der Waals surface area contributed by atoms with Crippen molar-refractivity contribution in [3.8, 4) is 11.5 Å². The number of hydrogen-bond donors (Lipinski definition) is 3. The summed E-state index contributed by atoms with van der Waals surface area (Å²) in [5, 5.41) is 3.36. The number of benzene rings is 1. The molecule has 0 aromatic heterocycles. The minimum Gasteiger partial charge on any atom is -0.495 e. The lowest BCUT2D eigenvalue weighted by molar-refractivity contribution is -1.01. The number of carbonyl (C=O) groups is 1. The number of amides is 1. The monoisotopic (exact) mass is 343 g/mol. The second-order valence-corrected chi connectivity index (χ2v) is 6.17. The standard InChI is InChI=1S/C16H24ClN3O3/c1-4-19-5-7-20(8-6-19)11-16(21)18-13-10-14(22-2)12(17)9-15(13)23-3/h9-10H,4-8,11H2,1-3H3,(H,18,21)/p+2. The van der Waals surface area contributed by atoms with Gasteiger partial charge in [-0.25, -0.2) is 0 Å². The number of ether oxygens (including phenoxy) is 2. The normalized spacial score (nSPS) is 20.9. The maximum atomic E-state index is 12.3. The Kier molecular flexibility index (Phi) is 6.50. The first-order valence-corrected chi connectivity index (χ1v) is 8.33. The van der Waals surface area contributed by atoms with Crippen molar-refractivity contribution in [2.45, 2.75) is 6.92 Å². The highest BCUT2D eigenvalue weighted by atomic mass is 35.5. The summed E-state index contributed by atoms with van der Waals surface area (Å²) in [6.07, 6.45) is 0. The molecular weight excluding hydrogens is 318 g/mol. The van der Waals surface area contributed by atoms with Crippen LogP contribution in [0.15, 0.2) is 12.1 Å². The molecule has 1 fully saturated rings. The van der Waals surface area contributed by atoms with Gasteiger partial charge in [-0.3, -0.25) is 4.79 Å². The van der Waals surface area contributed by atoms with Crippen molar-refractivity contribution in [1.29, 1.82) is 0 Å². The van der Waals surface area contributed by atoms with Crippen LogP contribution >= 0.6 is 11.6 Å². The van der Waals surface area contributed by atoms with Gasteiger partial charge in [0.15, 0.2) is 6.54 Å². The average Bonchev–Trinajstić information content (AvgIpc) is 2.56. The number of quaternary nitrogens is 2. The second-order valence-electron chi connectivity index (χ2n) is 5.77. The molecule has 0 spiro atoms. The number of methoxy groups -OCH3 is 2. The third-order valence-corrected chi connectivity index (χ3v) is 4.62. The van der Waals surface area contributed by atoms with Gasteiger partial charge in [-0.1, -0.05) is 11.6 Å². The Morgan fingerprint density at radius 2 is 1.74 bits per heavy atom. The minimum absolute atomic E-state index is 0.0253. The van der Waals surface area contributed by atoms with Crippen LogP contribution in [0.1, 0.15) is 6.92 Å². The SMILES string of the molecule is CC[NH+]1CC[NH+](CC(=O)Nc2cc(OC)c(Cl)cc2OC)CC1. The first-order chi connectivity index (χ1) is 11.1. The van der Waals surface area contributed by atoms with E-state index in [4.69, 9.17) is 21.1 Å².